The number of aliphatic hydroxyl groups excluding tert-OH is 4. The van der Waals surface area contributed by atoms with Crippen molar-refractivity contribution in [3.63, 3.8) is 0 Å². The Morgan fingerprint density at radius 2 is 0.792 bits per heavy atom. The third kappa shape index (κ3) is 8.32. The summed E-state index contributed by atoms with van der Waals surface area (Å²) in [6, 6.07) is 0. The summed E-state index contributed by atoms with van der Waals surface area (Å²) < 4.78 is 29.4. The molecule has 1 saturated carbocycles. The van der Waals surface area contributed by atoms with Crippen LogP contribution in [-0.4, -0.2) is 76.6 Å². The third-order valence-electron chi connectivity index (χ3n) is 2.56. The number of phosphoric ester groups is 2. The Morgan fingerprint density at radius 3 is 1.00 bits per heavy atom. The average Bonchev–Trinajstić information content (AvgIpc) is 2.25. The second-order valence-corrected chi connectivity index (χ2v) is 6.47. The van der Waals surface area contributed by atoms with Gasteiger partial charge in [0.25, 0.3) is 0 Å². The molecular weight excluding hydrogens is 382 g/mol. The fourth-order valence-corrected chi connectivity index (χ4v) is 2.88. The molecule has 1 rings (SSSR count). The molecular formula is C6H26N4O12P2. The largest absolute Gasteiger partial charge is 0.470 e. The number of hydrogen-bond acceptors (Lipinski definition) is 12. The fourth-order valence-electron chi connectivity index (χ4n) is 1.75. The van der Waals surface area contributed by atoms with Gasteiger partial charge in [0, 0.05) is 0 Å². The van der Waals surface area contributed by atoms with Crippen LogP contribution in [0.25, 0.3) is 0 Å². The van der Waals surface area contributed by atoms with Crippen LogP contribution in [-0.2, 0) is 18.2 Å². The lowest BCUT2D eigenvalue weighted by Gasteiger charge is -2.42. The first-order chi connectivity index (χ1) is 8.83. The predicted octanol–water partition coefficient (Wildman–Crippen LogP) is -2.95. The molecule has 18 heteroatoms. The molecule has 0 amide bonds. The highest BCUT2D eigenvalue weighted by Gasteiger charge is 2.53. The van der Waals surface area contributed by atoms with E-state index in [1.807, 2.05) is 0 Å². The summed E-state index contributed by atoms with van der Waals surface area (Å²) in [6.45, 7) is 0. The highest BCUT2D eigenvalue weighted by Crippen LogP contribution is 2.45. The molecule has 0 saturated heterocycles. The molecule has 16 nitrogen and oxygen atoms in total. The monoisotopic (exact) mass is 408 g/mol. The Labute approximate surface area is 136 Å². The standard InChI is InChI=1S/C6H14O12P2.4H3N/c7-1-2(8)5(17-19(11,12)13)4(10)6(3(1)9)18-20(14,15)16;;;;/h1-10H,(H2,11,12,13)(H2,14,15,16);4*1H3/t1?,2-,3+,4?,5-,6+;;;;. The van der Waals surface area contributed by atoms with E-state index >= 15 is 0 Å². The van der Waals surface area contributed by atoms with Crippen molar-refractivity contribution in [2.75, 3.05) is 0 Å². The van der Waals surface area contributed by atoms with Gasteiger partial charge in [-0.3, -0.25) is 9.05 Å². The molecule has 0 heterocycles. The SMILES string of the molecule is N.N.N.N.O=P(O)(O)O[C@@H]1C(O)[C@H](OP(=O)(O)O)[C@H](O)C(O)[C@@H]1O. The van der Waals surface area contributed by atoms with E-state index in [2.05, 4.69) is 9.05 Å². The summed E-state index contributed by atoms with van der Waals surface area (Å²) in [5, 5.41) is 38.0. The lowest BCUT2D eigenvalue weighted by molar-refractivity contribution is -0.215. The van der Waals surface area contributed by atoms with Crippen molar-refractivity contribution in [1.29, 1.82) is 0 Å². The van der Waals surface area contributed by atoms with Crippen LogP contribution in [0.4, 0.5) is 0 Å². The van der Waals surface area contributed by atoms with Crippen LogP contribution in [0.3, 0.4) is 0 Å². The maximum atomic E-state index is 10.7. The maximum absolute atomic E-state index is 10.7. The highest BCUT2D eigenvalue weighted by atomic mass is 31.2. The minimum Gasteiger partial charge on any atom is -0.387 e. The minimum atomic E-state index is -5.20. The fraction of sp³-hybridized carbons (Fsp3) is 1.00. The van der Waals surface area contributed by atoms with E-state index in [4.69, 9.17) is 19.6 Å². The van der Waals surface area contributed by atoms with Gasteiger partial charge in [0.1, 0.15) is 36.6 Å². The molecule has 0 spiro atoms. The Morgan fingerprint density at radius 1 is 0.542 bits per heavy atom. The molecule has 0 aromatic heterocycles. The van der Waals surface area contributed by atoms with Gasteiger partial charge in [0.05, 0.1) is 0 Å². The number of aliphatic hydroxyl groups is 4. The van der Waals surface area contributed by atoms with Crippen molar-refractivity contribution in [2.24, 2.45) is 0 Å². The number of hydrogen-bond donors (Lipinski definition) is 12. The average molecular weight is 408 g/mol. The maximum Gasteiger partial charge on any atom is 0.470 e. The molecule has 0 aliphatic heterocycles. The van der Waals surface area contributed by atoms with Gasteiger partial charge < -0.3 is 64.6 Å². The first-order valence-electron chi connectivity index (χ1n) is 5.03. The zero-order valence-electron chi connectivity index (χ0n) is 12.4. The van der Waals surface area contributed by atoms with E-state index in [-0.39, 0.29) is 24.6 Å². The minimum absolute atomic E-state index is 0. The first kappa shape index (κ1) is 31.6. The Bertz CT molecular complexity index is 405. The topological polar surface area (TPSA) is 354 Å². The molecule has 0 aromatic carbocycles. The van der Waals surface area contributed by atoms with Crippen molar-refractivity contribution in [3.05, 3.63) is 0 Å². The second kappa shape index (κ2) is 10.8. The van der Waals surface area contributed by atoms with Gasteiger partial charge in [-0.2, -0.15) is 0 Å². The smallest absolute Gasteiger partial charge is 0.387 e. The van der Waals surface area contributed by atoms with Crippen LogP contribution >= 0.6 is 15.6 Å². The second-order valence-electron chi connectivity index (χ2n) is 4.08. The molecule has 0 radical (unpaired) electrons. The van der Waals surface area contributed by atoms with Gasteiger partial charge in [0.2, 0.25) is 0 Å². The zero-order valence-corrected chi connectivity index (χ0v) is 14.2. The van der Waals surface area contributed by atoms with Gasteiger partial charge in [-0.15, -0.1) is 0 Å². The molecule has 1 fully saturated rings. The molecule has 152 valence electrons. The summed E-state index contributed by atoms with van der Waals surface area (Å²) in [4.78, 5) is 34.4. The van der Waals surface area contributed by atoms with Crippen LogP contribution in [0.1, 0.15) is 0 Å². The lowest BCUT2D eigenvalue weighted by Crippen LogP contribution is -2.64. The summed E-state index contributed by atoms with van der Waals surface area (Å²) >= 11 is 0. The van der Waals surface area contributed by atoms with Crippen molar-refractivity contribution in [3.8, 4) is 0 Å². The van der Waals surface area contributed by atoms with Gasteiger partial charge >= 0.3 is 15.6 Å². The Hall–Kier alpha value is -0.100. The van der Waals surface area contributed by atoms with Crippen molar-refractivity contribution < 1.29 is 58.2 Å². The van der Waals surface area contributed by atoms with Crippen molar-refractivity contribution >= 4 is 15.6 Å². The van der Waals surface area contributed by atoms with Crippen LogP contribution in [0.2, 0.25) is 0 Å². The van der Waals surface area contributed by atoms with E-state index in [0.717, 1.165) is 0 Å². The van der Waals surface area contributed by atoms with Crippen molar-refractivity contribution in [1.82, 2.24) is 24.6 Å². The summed E-state index contributed by atoms with van der Waals surface area (Å²) in [5.41, 5.74) is 0. The summed E-state index contributed by atoms with van der Waals surface area (Å²) in [7, 11) is -10.4. The van der Waals surface area contributed by atoms with Crippen LogP contribution in [0.5, 0.6) is 0 Å². The third-order valence-corrected chi connectivity index (χ3v) is 3.60. The van der Waals surface area contributed by atoms with E-state index in [0.29, 0.717) is 0 Å². The Balaban J connectivity index is -0.000000500. The van der Waals surface area contributed by atoms with Gasteiger partial charge in [-0.25, -0.2) is 9.13 Å². The molecule has 6 atom stereocenters. The zero-order chi connectivity index (χ0) is 15.9. The van der Waals surface area contributed by atoms with E-state index in [1.165, 1.54) is 0 Å². The highest BCUT2D eigenvalue weighted by molar-refractivity contribution is 7.46. The quantitative estimate of drug-likeness (QED) is 0.207. The molecule has 2 unspecified atom stereocenters. The number of rotatable bonds is 4. The molecule has 1 aliphatic rings. The lowest BCUT2D eigenvalue weighted by atomic mass is 9.85. The molecule has 0 aromatic rings. The summed E-state index contributed by atoms with van der Waals surface area (Å²) in [6.07, 6.45) is -12.8. The summed E-state index contributed by atoms with van der Waals surface area (Å²) in [5.74, 6) is 0. The van der Waals surface area contributed by atoms with Crippen LogP contribution in [0.15, 0.2) is 0 Å². The molecule has 24 heavy (non-hydrogen) atoms. The van der Waals surface area contributed by atoms with E-state index in [1.54, 1.807) is 0 Å². The van der Waals surface area contributed by atoms with Crippen LogP contribution in [0, 0.1) is 0 Å². The van der Waals surface area contributed by atoms with E-state index in [9.17, 15) is 29.6 Å². The Kier molecular flexibility index (Phi) is 14.2. The van der Waals surface area contributed by atoms with Crippen LogP contribution < -0.4 is 24.6 Å². The normalized spacial score (nSPS) is 33.2. The van der Waals surface area contributed by atoms with Crippen molar-refractivity contribution in [2.45, 2.75) is 36.6 Å². The predicted molar refractivity (Wildman–Crippen MR) is 77.9 cm³/mol. The molecule has 20 N–H and O–H groups in total. The molecule has 0 bridgehead atoms. The van der Waals surface area contributed by atoms with Gasteiger partial charge in [0.15, 0.2) is 0 Å². The molecule has 1 aliphatic carbocycles. The van der Waals surface area contributed by atoms with Gasteiger partial charge in [-0.1, -0.05) is 0 Å². The number of phosphoric acid groups is 2. The van der Waals surface area contributed by atoms with E-state index < -0.39 is 52.3 Å². The first-order valence-corrected chi connectivity index (χ1v) is 8.10. The van der Waals surface area contributed by atoms with Gasteiger partial charge in [-0.05, 0) is 0 Å².